The first kappa shape index (κ1) is 34.7. The summed E-state index contributed by atoms with van der Waals surface area (Å²) < 4.78 is 25.1. The number of fused-ring (bicyclic) bond motifs is 3. The third kappa shape index (κ3) is 4.66. The number of hydrogen-bond acceptors (Lipinski definition) is 10. The number of carbonyl (C=O) groups excluding carboxylic acids is 4. The summed E-state index contributed by atoms with van der Waals surface area (Å²) in [7, 11) is 0. The van der Waals surface area contributed by atoms with Gasteiger partial charge in [-0.2, -0.15) is 0 Å². The van der Waals surface area contributed by atoms with E-state index in [9.17, 15) is 34.2 Å². The fraction of sp³-hybridized carbons (Fsp3) is 0.632. The smallest absolute Gasteiger partial charge is 0.330 e. The maximum absolute atomic E-state index is 15.4. The molecule has 2 N–H and O–H groups in total. The molecule has 4 fully saturated rings. The molecule has 1 saturated carbocycles. The highest BCUT2D eigenvalue weighted by molar-refractivity contribution is 6.25. The number of ketones is 4. The highest BCUT2D eigenvalue weighted by atomic mass is 16.6. The lowest BCUT2D eigenvalue weighted by Crippen LogP contribution is -2.74. The van der Waals surface area contributed by atoms with Gasteiger partial charge in [-0.1, -0.05) is 58.1 Å². The van der Waals surface area contributed by atoms with Crippen LogP contribution in [-0.2, 0) is 47.7 Å². The van der Waals surface area contributed by atoms with Gasteiger partial charge < -0.3 is 29.2 Å². The number of carboxylic acids is 2. The van der Waals surface area contributed by atoms with Crippen molar-refractivity contribution in [1.29, 1.82) is 0 Å². The van der Waals surface area contributed by atoms with E-state index in [1.165, 1.54) is 32.3 Å². The van der Waals surface area contributed by atoms with E-state index < -0.39 is 94.0 Å². The summed E-state index contributed by atoms with van der Waals surface area (Å²) in [4.78, 5) is 82.2. The molecule has 0 radical (unpaired) electrons. The van der Waals surface area contributed by atoms with Crippen LogP contribution in [0.25, 0.3) is 0 Å². The van der Waals surface area contributed by atoms with E-state index >= 15 is 4.79 Å². The zero-order valence-electron chi connectivity index (χ0n) is 28.8. The number of carbonyl (C=O) groups is 6. The zero-order chi connectivity index (χ0) is 35.9. The van der Waals surface area contributed by atoms with Crippen molar-refractivity contribution in [3.05, 3.63) is 46.3 Å². The minimum atomic E-state index is -1.71. The number of carboxylic acid groups (broad SMARTS) is 2. The molecule has 0 unspecified atom stereocenters. The molecule has 268 valence electrons. The summed E-state index contributed by atoms with van der Waals surface area (Å²) in [6.45, 7) is 6.96. The molecule has 5 aliphatic heterocycles. The van der Waals surface area contributed by atoms with Crippen LogP contribution in [0, 0.1) is 17.3 Å². The van der Waals surface area contributed by atoms with Gasteiger partial charge in [-0.25, -0.2) is 9.59 Å². The maximum Gasteiger partial charge on any atom is 0.330 e. The van der Waals surface area contributed by atoms with Crippen molar-refractivity contribution < 1.29 is 57.9 Å². The second-order valence-corrected chi connectivity index (χ2v) is 15.0. The third-order valence-corrected chi connectivity index (χ3v) is 12.2. The number of Topliss-reactive ketones (excluding diaryl/α,β-unsaturated/α-hetero) is 4. The number of unbranched alkanes of at least 4 members (excludes halogenated alkanes) is 4. The van der Waals surface area contributed by atoms with Gasteiger partial charge in [0.2, 0.25) is 0 Å². The first-order valence-corrected chi connectivity index (χ1v) is 17.9. The van der Waals surface area contributed by atoms with Gasteiger partial charge >= 0.3 is 11.9 Å². The lowest BCUT2D eigenvalue weighted by molar-refractivity contribution is -0.213. The Morgan fingerprint density at radius 1 is 0.760 bits per heavy atom. The average Bonchev–Trinajstić information content (AvgIpc) is 4.02. The van der Waals surface area contributed by atoms with Crippen molar-refractivity contribution in [2.75, 3.05) is 0 Å². The summed E-state index contributed by atoms with van der Waals surface area (Å²) >= 11 is 0. The second kappa shape index (κ2) is 12.2. The lowest BCUT2D eigenvalue weighted by atomic mass is 9.43. The van der Waals surface area contributed by atoms with Gasteiger partial charge in [-0.3, -0.25) is 19.2 Å². The van der Waals surface area contributed by atoms with Crippen molar-refractivity contribution in [3.63, 3.8) is 0 Å². The Morgan fingerprint density at radius 2 is 1.32 bits per heavy atom. The quantitative estimate of drug-likeness (QED) is 0.151. The lowest BCUT2D eigenvalue weighted by Gasteiger charge is -2.63. The van der Waals surface area contributed by atoms with E-state index in [1.54, 1.807) is 0 Å². The molecule has 3 saturated heterocycles. The van der Waals surface area contributed by atoms with Crippen molar-refractivity contribution in [3.8, 4) is 0 Å². The molecule has 5 heterocycles. The van der Waals surface area contributed by atoms with Crippen LogP contribution in [0.4, 0.5) is 0 Å². The Kier molecular flexibility index (Phi) is 8.46. The highest BCUT2D eigenvalue weighted by Gasteiger charge is 2.85. The fourth-order valence-corrected chi connectivity index (χ4v) is 9.47. The van der Waals surface area contributed by atoms with Crippen molar-refractivity contribution in [1.82, 2.24) is 0 Å². The predicted molar refractivity (Wildman–Crippen MR) is 174 cm³/mol. The molecule has 0 amide bonds. The van der Waals surface area contributed by atoms with Gasteiger partial charge in [-0.05, 0) is 33.1 Å². The molecule has 10 atom stereocenters. The Morgan fingerprint density at radius 3 is 1.92 bits per heavy atom. The van der Waals surface area contributed by atoms with Crippen LogP contribution < -0.4 is 0 Å². The van der Waals surface area contributed by atoms with Crippen LogP contribution in [0.15, 0.2) is 46.3 Å². The van der Waals surface area contributed by atoms with E-state index in [0.29, 0.717) is 12.8 Å². The highest BCUT2D eigenvalue weighted by Crippen LogP contribution is 2.70. The Labute approximate surface area is 289 Å². The Bertz CT molecular complexity index is 1710. The molecule has 8 aliphatic rings. The van der Waals surface area contributed by atoms with Crippen LogP contribution in [0.2, 0.25) is 0 Å². The van der Waals surface area contributed by atoms with E-state index in [0.717, 1.165) is 38.5 Å². The first-order valence-electron chi connectivity index (χ1n) is 17.9. The van der Waals surface area contributed by atoms with Gasteiger partial charge in [0.1, 0.15) is 17.6 Å². The van der Waals surface area contributed by atoms with Crippen molar-refractivity contribution >= 4 is 35.1 Å². The Balaban J connectivity index is 1.41. The molecular weight excluding hydrogens is 648 g/mol. The number of rotatable bonds is 14. The molecule has 3 aliphatic carbocycles. The molecule has 1 spiro atoms. The van der Waals surface area contributed by atoms with Crippen LogP contribution in [0.1, 0.15) is 91.9 Å². The van der Waals surface area contributed by atoms with Crippen LogP contribution in [0.5, 0.6) is 0 Å². The van der Waals surface area contributed by atoms with Crippen LogP contribution in [0.3, 0.4) is 0 Å². The monoisotopic (exact) mass is 692 g/mol. The average molecular weight is 693 g/mol. The van der Waals surface area contributed by atoms with Crippen LogP contribution in [-0.4, -0.2) is 87.0 Å². The minimum absolute atomic E-state index is 0.00135. The van der Waals surface area contributed by atoms with E-state index in [2.05, 4.69) is 13.8 Å². The van der Waals surface area contributed by atoms with Gasteiger partial charge in [0.05, 0.1) is 12.4 Å². The molecule has 12 heteroatoms. The van der Waals surface area contributed by atoms with Gasteiger partial charge in [-0.15, -0.1) is 0 Å². The van der Waals surface area contributed by atoms with E-state index in [1.807, 2.05) is 0 Å². The molecule has 50 heavy (non-hydrogen) atoms. The summed E-state index contributed by atoms with van der Waals surface area (Å²) in [6, 6.07) is 0. The summed E-state index contributed by atoms with van der Waals surface area (Å²) in [5.41, 5.74) is -4.51. The molecule has 0 aromatic rings. The van der Waals surface area contributed by atoms with Crippen molar-refractivity contribution in [2.24, 2.45) is 17.3 Å². The van der Waals surface area contributed by atoms with Crippen molar-refractivity contribution in [2.45, 2.75) is 134 Å². The number of hydrogen-bond donors (Lipinski definition) is 2. The largest absolute Gasteiger partial charge is 0.497 e. The van der Waals surface area contributed by atoms with Gasteiger partial charge in [0.15, 0.2) is 46.5 Å². The molecule has 8 rings (SSSR count). The number of aliphatic carboxylic acids is 2. The van der Waals surface area contributed by atoms with E-state index in [4.69, 9.17) is 18.9 Å². The van der Waals surface area contributed by atoms with E-state index in [-0.39, 0.29) is 40.7 Å². The number of ether oxygens (including phenoxy) is 4. The topological polar surface area (TPSA) is 186 Å². The maximum atomic E-state index is 15.4. The normalized spacial score (nSPS) is 39.5. The van der Waals surface area contributed by atoms with Gasteiger partial charge in [0, 0.05) is 52.5 Å². The first-order chi connectivity index (χ1) is 23.8. The fourth-order valence-electron chi connectivity index (χ4n) is 9.47. The molecule has 0 aromatic heterocycles. The standard InChI is InChI=1S/C38H44O12/c1-5-7-9-11-21-23-24-25(28(40)32-36(49-32,29(24)41)15-13-18(3)33(42)43)30(48-21)38-20(17-47-22(26(23)38)12-10-8-6-2)27(39)31-37(50-31,35(38)46)16-14-19(4)34(44)45/h13-14,17,21-23,26,30-32H,5-12,15-16H2,1-4H3,(H,42,43)(H,44,45)/b18-13+,19-14+/t21-,22+,23-,26-,30+,31-,32-,36+,37-,38+/m0/s1. The molecule has 0 aromatic carbocycles. The SMILES string of the molecule is CCCCC[C@@H]1O[C@@H]2C3=C(C(=O)[C@@]4(C/C=C(\C)C(=O)O)O[C@H]4C3=O)[C@H]1[C@@H]1[C@@H](CCCCC)OC=C3C(=O)[C@@H]4O[C@]4(C/C=C(\C)C(=O)O)C(=O)[C@]312. The third-order valence-electron chi connectivity index (χ3n) is 12.2. The van der Waals surface area contributed by atoms with Gasteiger partial charge in [0.25, 0.3) is 0 Å². The second-order valence-electron chi connectivity index (χ2n) is 15.0. The number of epoxide rings is 2. The predicted octanol–water partition coefficient (Wildman–Crippen LogP) is 4.15. The summed E-state index contributed by atoms with van der Waals surface area (Å²) in [5, 5.41) is 19.0. The zero-order valence-corrected chi connectivity index (χ0v) is 28.8. The Hall–Kier alpha value is -3.74. The molecule has 2 bridgehead atoms. The summed E-state index contributed by atoms with van der Waals surface area (Å²) in [6.07, 6.45) is 5.37. The molecule has 12 nitrogen and oxygen atoms in total. The minimum Gasteiger partial charge on any atom is -0.497 e. The molecular formula is C38H44O12. The van der Waals surface area contributed by atoms with Crippen LogP contribution >= 0.6 is 0 Å². The summed E-state index contributed by atoms with van der Waals surface area (Å²) in [5.74, 6) is -5.70.